The molecule has 0 fully saturated rings. The highest BCUT2D eigenvalue weighted by molar-refractivity contribution is 7.46. The van der Waals surface area contributed by atoms with Gasteiger partial charge in [-0.25, -0.2) is 4.57 Å². The second kappa shape index (κ2) is 38.4. The van der Waals surface area contributed by atoms with Gasteiger partial charge < -0.3 is 100 Å². The standard InChI is InChI=1S/C59H84N13O22P/c1-29(2)48(58(89)69-41(52(83)63-28-47(79)80)24-35-13-19-38(20-14-35)94-95(91,92)93)71-57(88)44(27-45(62)76)68-56(87)42(25-33-9-15-36(74)16-10-33)67-51(82)31(4)64-53(84)40(21-22-46(77)78)66-54(85)39(8-6-7-23-60)65-55(86)43(26-34-11-17-37(75)18-12-34)70-59(90)49(32(5)73)72-50(81)30(3)61/h9-20,29-32,39-44,48-49,73-75H,6-8,21-28,60-61H2,1-5H3,(H2,62,76)(H,63,83)(H,64,84)(H,65,86)(H,66,85)(H,67,82)(H,68,87)(H,69,89)(H,70,90)(H,71,88)(H,72,81)(H,77,78)(H,79,80)(H2,91,92,93)/t30-,31-,32+,39-,40-,41-,42-,43-,44-,48-,49-/m0/s1. The molecule has 0 radical (unpaired) electrons. The van der Waals surface area contributed by atoms with Crippen molar-refractivity contribution in [2.45, 2.75) is 159 Å². The van der Waals surface area contributed by atoms with Crippen LogP contribution in [0.25, 0.3) is 0 Å². The van der Waals surface area contributed by atoms with Crippen molar-refractivity contribution < 1.29 is 107 Å². The van der Waals surface area contributed by atoms with Gasteiger partial charge in [0.2, 0.25) is 65.0 Å². The van der Waals surface area contributed by atoms with Gasteiger partial charge in [0.25, 0.3) is 0 Å². The highest BCUT2D eigenvalue weighted by Gasteiger charge is 2.37. The average Bonchev–Trinajstić information content (AvgIpc) is 0.914. The Morgan fingerprint density at radius 1 is 0.484 bits per heavy atom. The number of carboxylic acid groups (broad SMARTS) is 2. The van der Waals surface area contributed by atoms with E-state index in [4.69, 9.17) is 27.0 Å². The minimum atomic E-state index is -4.96. The summed E-state index contributed by atoms with van der Waals surface area (Å²) in [5.74, 6) is -16.0. The van der Waals surface area contributed by atoms with Gasteiger partial charge in [-0.1, -0.05) is 50.2 Å². The summed E-state index contributed by atoms with van der Waals surface area (Å²) in [5.41, 5.74) is 17.8. The molecule has 0 heterocycles. The molecule has 0 aliphatic carbocycles. The number of carbonyl (C=O) groups excluding carboxylic acids is 11. The number of phosphoric acid groups is 1. The van der Waals surface area contributed by atoms with Crippen LogP contribution in [-0.4, -0.2) is 192 Å². The van der Waals surface area contributed by atoms with Gasteiger partial charge in [-0.05, 0) is 112 Å². The van der Waals surface area contributed by atoms with Gasteiger partial charge in [0.15, 0.2) is 0 Å². The molecule has 35 nitrogen and oxygen atoms in total. The van der Waals surface area contributed by atoms with Gasteiger partial charge in [-0.3, -0.25) is 72.1 Å². The van der Waals surface area contributed by atoms with Crippen LogP contribution >= 0.6 is 7.82 Å². The van der Waals surface area contributed by atoms with E-state index >= 15 is 0 Å². The quantitative estimate of drug-likeness (QED) is 0.0188. The summed E-state index contributed by atoms with van der Waals surface area (Å²) >= 11 is 0. The van der Waals surface area contributed by atoms with E-state index in [1.807, 2.05) is 0 Å². The molecule has 23 N–H and O–H groups in total. The molecule has 3 aromatic carbocycles. The number of aliphatic carboxylic acids is 2. The Bertz CT molecular complexity index is 3220. The first kappa shape index (κ1) is 79.4. The number of aliphatic hydroxyl groups excluding tert-OH is 1. The third-order valence-corrected chi connectivity index (χ3v) is 14.5. The largest absolute Gasteiger partial charge is 0.524 e. The third-order valence-electron chi connectivity index (χ3n) is 14.0. The molecule has 0 unspecified atom stereocenters. The zero-order valence-corrected chi connectivity index (χ0v) is 53.5. The van der Waals surface area contributed by atoms with Crippen molar-refractivity contribution in [2.24, 2.45) is 23.1 Å². The van der Waals surface area contributed by atoms with E-state index in [9.17, 15) is 92.4 Å². The molecular weight excluding hydrogens is 1270 g/mol. The monoisotopic (exact) mass is 1360 g/mol. The third kappa shape index (κ3) is 28.9. The van der Waals surface area contributed by atoms with E-state index in [-0.39, 0.29) is 60.6 Å². The average molecular weight is 1360 g/mol. The minimum Gasteiger partial charge on any atom is -0.508 e. The Hall–Kier alpha value is -9.80. The Labute approximate surface area is 544 Å². The number of hydrogen-bond acceptors (Lipinski definition) is 20. The number of rotatable bonds is 40. The molecule has 0 aromatic heterocycles. The molecule has 36 heteroatoms. The number of unbranched alkanes of at least 4 members (excludes halogenated alkanes) is 1. The molecule has 0 aliphatic heterocycles. The summed E-state index contributed by atoms with van der Waals surface area (Å²) in [4.78, 5) is 193. The van der Waals surface area contributed by atoms with Gasteiger partial charge in [0, 0.05) is 25.7 Å². The summed E-state index contributed by atoms with van der Waals surface area (Å²) in [6, 6.07) is -0.404. The lowest BCUT2D eigenvalue weighted by Gasteiger charge is -2.28. The maximum absolute atomic E-state index is 14.4. The molecule has 522 valence electrons. The first-order valence-corrected chi connectivity index (χ1v) is 31.3. The highest BCUT2D eigenvalue weighted by atomic mass is 31.2. The maximum Gasteiger partial charge on any atom is 0.524 e. The van der Waals surface area contributed by atoms with Crippen LogP contribution in [0.5, 0.6) is 17.2 Å². The fraction of sp³-hybridized carbons (Fsp3) is 0.475. The lowest BCUT2D eigenvalue weighted by atomic mass is 10.00. The number of nitrogens with one attached hydrogen (secondary N) is 10. The van der Waals surface area contributed by atoms with Crippen LogP contribution < -0.4 is 74.9 Å². The number of aromatic hydroxyl groups is 2. The number of phenols is 2. The van der Waals surface area contributed by atoms with Crippen LogP contribution in [0, 0.1) is 5.92 Å². The van der Waals surface area contributed by atoms with Gasteiger partial charge in [0.1, 0.15) is 78.2 Å². The summed E-state index contributed by atoms with van der Waals surface area (Å²) in [7, 11) is -4.96. The van der Waals surface area contributed by atoms with Crippen molar-refractivity contribution in [1.29, 1.82) is 0 Å². The van der Waals surface area contributed by atoms with Gasteiger partial charge in [0.05, 0.1) is 18.6 Å². The molecule has 0 aliphatic rings. The van der Waals surface area contributed by atoms with Gasteiger partial charge >= 0.3 is 19.8 Å². The number of carboxylic acids is 2. The van der Waals surface area contributed by atoms with Crippen molar-refractivity contribution in [3.8, 4) is 17.2 Å². The number of amides is 11. The Kier molecular flexibility index (Phi) is 32.1. The molecule has 11 atom stereocenters. The van der Waals surface area contributed by atoms with E-state index in [0.29, 0.717) is 12.0 Å². The SMILES string of the molecule is CC(C)[C@H](NC(=O)[C@H](CC(N)=O)NC(=O)[C@H](Cc1ccc(O)cc1)NC(=O)[C@H](C)NC(=O)[C@H](CCC(=O)O)NC(=O)[C@H](CCCCN)NC(=O)[C@H](Cc1ccc(O)cc1)NC(=O)[C@@H](NC(=O)[C@H](C)N)[C@@H](C)O)C(=O)N[C@@H](Cc1ccc(OP(=O)(O)O)cc1)C(=O)NCC(=O)O. The zero-order valence-electron chi connectivity index (χ0n) is 52.6. The topological polar surface area (TPSA) is 588 Å². The van der Waals surface area contributed by atoms with Crippen molar-refractivity contribution in [3.05, 3.63) is 89.5 Å². The molecule has 0 bridgehead atoms. The lowest BCUT2D eigenvalue weighted by molar-refractivity contribution is -0.139. The minimum absolute atomic E-state index is 0.136. The van der Waals surface area contributed by atoms with Crippen LogP contribution in [0.4, 0.5) is 0 Å². The number of carbonyl (C=O) groups is 13. The number of benzene rings is 3. The molecule has 3 aromatic rings. The Balaban J connectivity index is 1.93. The fourth-order valence-corrected chi connectivity index (χ4v) is 9.31. The van der Waals surface area contributed by atoms with Crippen molar-refractivity contribution in [3.63, 3.8) is 0 Å². The second-order valence-corrected chi connectivity index (χ2v) is 23.7. The smallest absolute Gasteiger partial charge is 0.508 e. The Morgan fingerprint density at radius 2 is 0.884 bits per heavy atom. The van der Waals surface area contributed by atoms with E-state index in [1.54, 1.807) is 0 Å². The van der Waals surface area contributed by atoms with Crippen LogP contribution in [0.3, 0.4) is 0 Å². The van der Waals surface area contributed by atoms with Gasteiger partial charge in [-0.15, -0.1) is 0 Å². The molecule has 0 saturated carbocycles. The predicted molar refractivity (Wildman–Crippen MR) is 334 cm³/mol. The molecule has 0 saturated heterocycles. The zero-order chi connectivity index (χ0) is 71.4. The predicted octanol–water partition coefficient (Wildman–Crippen LogP) is -4.57. The number of phenolic OH excluding ortho intramolecular Hbond substituents is 2. The number of aliphatic hydroxyl groups is 1. The molecular formula is C59H84N13O22P. The molecule has 11 amide bonds. The lowest BCUT2D eigenvalue weighted by Crippen LogP contribution is -2.61. The van der Waals surface area contributed by atoms with Crippen LogP contribution in [0.2, 0.25) is 0 Å². The number of phosphoric ester groups is 1. The first-order chi connectivity index (χ1) is 44.5. The maximum atomic E-state index is 14.4. The van der Waals surface area contributed by atoms with Crippen molar-refractivity contribution in [2.75, 3.05) is 13.1 Å². The molecule has 3 rings (SSSR count). The normalized spacial score (nSPS) is 14.7. The second-order valence-electron chi connectivity index (χ2n) is 22.5. The van der Waals surface area contributed by atoms with Crippen molar-refractivity contribution >= 4 is 84.7 Å². The van der Waals surface area contributed by atoms with E-state index in [0.717, 1.165) is 19.1 Å². The highest BCUT2D eigenvalue weighted by Crippen LogP contribution is 2.37. The number of primary amides is 1. The summed E-state index contributed by atoms with van der Waals surface area (Å²) < 4.78 is 15.9. The summed E-state index contributed by atoms with van der Waals surface area (Å²) in [5, 5.41) is 73.1. The van der Waals surface area contributed by atoms with E-state index in [1.165, 1.54) is 88.4 Å². The van der Waals surface area contributed by atoms with E-state index in [2.05, 4.69) is 57.7 Å². The first-order valence-electron chi connectivity index (χ1n) is 29.7. The fourth-order valence-electron chi connectivity index (χ4n) is 8.91. The van der Waals surface area contributed by atoms with Crippen LogP contribution in [0.15, 0.2) is 72.8 Å². The summed E-state index contributed by atoms with van der Waals surface area (Å²) in [6.07, 6.45) is -4.48. The number of nitrogens with two attached hydrogens (primary N) is 3. The van der Waals surface area contributed by atoms with Crippen molar-refractivity contribution in [1.82, 2.24) is 53.2 Å². The summed E-state index contributed by atoms with van der Waals surface area (Å²) in [6.45, 7) is 5.85. The van der Waals surface area contributed by atoms with Gasteiger partial charge in [-0.2, -0.15) is 0 Å². The van der Waals surface area contributed by atoms with Crippen LogP contribution in [0.1, 0.15) is 89.8 Å². The Morgan fingerprint density at radius 3 is 1.32 bits per heavy atom. The van der Waals surface area contributed by atoms with Crippen LogP contribution in [-0.2, 0) is 86.2 Å². The van der Waals surface area contributed by atoms with E-state index < -0.39 is 189 Å². The molecule has 95 heavy (non-hydrogen) atoms. The number of hydrogen-bond donors (Lipinski definition) is 20. The molecule has 0 spiro atoms.